The number of amides is 1. The molecule has 0 saturated heterocycles. The van der Waals surface area contributed by atoms with Gasteiger partial charge < -0.3 is 4.90 Å². The molecule has 0 aliphatic heterocycles. The van der Waals surface area contributed by atoms with Crippen molar-refractivity contribution in [1.82, 2.24) is 4.90 Å². The Morgan fingerprint density at radius 2 is 1.88 bits per heavy atom. The quantitative estimate of drug-likeness (QED) is 0.544. The molecule has 0 fully saturated rings. The van der Waals surface area contributed by atoms with Gasteiger partial charge >= 0.3 is 0 Å². The van der Waals surface area contributed by atoms with Crippen LogP contribution in [-0.4, -0.2) is 24.9 Å². The van der Waals surface area contributed by atoms with Crippen molar-refractivity contribution in [2.24, 2.45) is 0 Å². The van der Waals surface area contributed by atoms with Crippen LogP contribution in [0, 0.1) is 0 Å². The first-order valence-corrected chi connectivity index (χ1v) is 6.12. The third-order valence-electron chi connectivity index (χ3n) is 2.63. The number of hydrogen-bond donors (Lipinski definition) is 0. The lowest BCUT2D eigenvalue weighted by molar-refractivity contribution is -0.123. The summed E-state index contributed by atoms with van der Waals surface area (Å²) >= 11 is 0. The van der Waals surface area contributed by atoms with Gasteiger partial charge in [-0.3, -0.25) is 4.79 Å². The van der Waals surface area contributed by atoms with Crippen molar-refractivity contribution in [3.63, 3.8) is 0 Å². The lowest BCUT2D eigenvalue weighted by Crippen LogP contribution is -2.18. The van der Waals surface area contributed by atoms with Gasteiger partial charge in [-0.15, -0.1) is 0 Å². The number of rotatable bonds is 6. The van der Waals surface area contributed by atoms with Crippen LogP contribution in [0.25, 0.3) is 0 Å². The number of unbranched alkanes of at least 4 members (excludes halogenated alkanes) is 2. The molecule has 1 aromatic rings. The normalized spacial score (nSPS) is 10.7. The van der Waals surface area contributed by atoms with Crippen molar-refractivity contribution >= 4 is 5.91 Å². The van der Waals surface area contributed by atoms with Crippen LogP contribution in [0.15, 0.2) is 42.5 Å². The van der Waals surface area contributed by atoms with Crippen molar-refractivity contribution < 1.29 is 4.79 Å². The second-order valence-electron chi connectivity index (χ2n) is 4.37. The van der Waals surface area contributed by atoms with Crippen molar-refractivity contribution in [1.29, 1.82) is 0 Å². The van der Waals surface area contributed by atoms with Gasteiger partial charge in [0.1, 0.15) is 0 Å². The maximum atomic E-state index is 11.2. The predicted octanol–water partition coefficient (Wildman–Crippen LogP) is 3.04. The molecule has 0 aromatic heterocycles. The smallest absolute Gasteiger partial charge is 0.245 e. The van der Waals surface area contributed by atoms with E-state index < -0.39 is 0 Å². The zero-order valence-corrected chi connectivity index (χ0v) is 10.7. The van der Waals surface area contributed by atoms with Crippen LogP contribution >= 0.6 is 0 Å². The molecule has 0 unspecified atom stereocenters. The van der Waals surface area contributed by atoms with E-state index in [0.29, 0.717) is 0 Å². The van der Waals surface area contributed by atoms with E-state index >= 15 is 0 Å². The Kier molecular flexibility index (Phi) is 6.08. The second-order valence-corrected chi connectivity index (χ2v) is 4.37. The van der Waals surface area contributed by atoms with Crippen LogP contribution < -0.4 is 0 Å². The highest BCUT2D eigenvalue weighted by Gasteiger charge is 1.96. The summed E-state index contributed by atoms with van der Waals surface area (Å²) in [7, 11) is 3.53. The van der Waals surface area contributed by atoms with Gasteiger partial charge in [-0.25, -0.2) is 0 Å². The maximum Gasteiger partial charge on any atom is 0.245 e. The first kappa shape index (κ1) is 13.5. The van der Waals surface area contributed by atoms with Gasteiger partial charge in [-0.1, -0.05) is 36.4 Å². The summed E-state index contributed by atoms with van der Waals surface area (Å²) in [5.74, 6) is 0.0630. The van der Waals surface area contributed by atoms with E-state index in [1.54, 1.807) is 25.1 Å². The van der Waals surface area contributed by atoms with Crippen LogP contribution in [0.4, 0.5) is 0 Å². The molecule has 0 aliphatic rings. The molecular weight excluding hydrogens is 210 g/mol. The molecule has 1 amide bonds. The zero-order chi connectivity index (χ0) is 12.5. The predicted molar refractivity (Wildman–Crippen MR) is 71.8 cm³/mol. The highest BCUT2D eigenvalue weighted by Crippen LogP contribution is 2.06. The molecule has 0 saturated carbocycles. The van der Waals surface area contributed by atoms with Crippen molar-refractivity contribution in [3.8, 4) is 0 Å². The molecule has 0 heterocycles. The molecule has 0 atom stereocenters. The number of allylic oxidation sites excluding steroid dienone is 1. The molecule has 2 heteroatoms. The Morgan fingerprint density at radius 3 is 2.53 bits per heavy atom. The third kappa shape index (κ3) is 5.91. The van der Waals surface area contributed by atoms with E-state index in [4.69, 9.17) is 0 Å². The average molecular weight is 231 g/mol. The Balaban J connectivity index is 2.11. The number of hydrogen-bond acceptors (Lipinski definition) is 1. The third-order valence-corrected chi connectivity index (χ3v) is 2.63. The Labute approximate surface area is 104 Å². The molecule has 0 bridgehead atoms. The molecule has 92 valence electrons. The highest BCUT2D eigenvalue weighted by molar-refractivity contribution is 5.86. The van der Waals surface area contributed by atoms with Gasteiger partial charge in [0, 0.05) is 14.1 Å². The van der Waals surface area contributed by atoms with Crippen molar-refractivity contribution in [2.75, 3.05) is 14.1 Å². The minimum absolute atomic E-state index is 0.0630. The minimum Gasteiger partial charge on any atom is -0.345 e. The van der Waals surface area contributed by atoms with E-state index in [-0.39, 0.29) is 5.91 Å². The van der Waals surface area contributed by atoms with Crippen LogP contribution in [0.5, 0.6) is 0 Å². The topological polar surface area (TPSA) is 20.3 Å². The van der Waals surface area contributed by atoms with Crippen molar-refractivity contribution in [2.45, 2.75) is 25.7 Å². The fourth-order valence-corrected chi connectivity index (χ4v) is 1.57. The van der Waals surface area contributed by atoms with E-state index in [0.717, 1.165) is 19.3 Å². The summed E-state index contributed by atoms with van der Waals surface area (Å²) < 4.78 is 0. The van der Waals surface area contributed by atoms with Gasteiger partial charge in [-0.2, -0.15) is 0 Å². The first-order valence-electron chi connectivity index (χ1n) is 6.12. The highest BCUT2D eigenvalue weighted by atomic mass is 16.2. The number of aryl methyl sites for hydroxylation is 1. The summed E-state index contributed by atoms with van der Waals surface area (Å²) in [6.45, 7) is 0. The van der Waals surface area contributed by atoms with Crippen molar-refractivity contribution in [3.05, 3.63) is 48.0 Å². The number of nitrogens with zero attached hydrogens (tertiary/aromatic N) is 1. The Hall–Kier alpha value is -1.57. The standard InChI is InChI=1S/C15H21NO/c1-16(2)15(17)13-9-4-3-6-10-14-11-7-5-8-12-14/h5,7-9,11-13H,3-4,6,10H2,1-2H3. The molecule has 1 aromatic carbocycles. The summed E-state index contributed by atoms with van der Waals surface area (Å²) in [5.41, 5.74) is 1.39. The van der Waals surface area contributed by atoms with Gasteiger partial charge in [0.05, 0.1) is 0 Å². The van der Waals surface area contributed by atoms with Crippen LogP contribution in [-0.2, 0) is 11.2 Å². The second kappa shape index (κ2) is 7.66. The van der Waals surface area contributed by atoms with Crippen LogP contribution in [0.1, 0.15) is 24.8 Å². The molecule has 1 rings (SSSR count). The lowest BCUT2D eigenvalue weighted by Gasteiger charge is -2.05. The van der Waals surface area contributed by atoms with Gasteiger partial charge in [0.25, 0.3) is 0 Å². The molecule has 0 spiro atoms. The van der Waals surface area contributed by atoms with Gasteiger partial charge in [0.15, 0.2) is 0 Å². The minimum atomic E-state index is 0.0630. The number of benzene rings is 1. The number of carbonyl (C=O) groups excluding carboxylic acids is 1. The molecule has 2 nitrogen and oxygen atoms in total. The van der Waals surface area contributed by atoms with E-state index in [9.17, 15) is 4.79 Å². The number of carbonyl (C=O) groups is 1. The monoisotopic (exact) mass is 231 g/mol. The van der Waals surface area contributed by atoms with Gasteiger partial charge in [0.2, 0.25) is 5.91 Å². The fourth-order valence-electron chi connectivity index (χ4n) is 1.57. The summed E-state index contributed by atoms with van der Waals surface area (Å²) in [5, 5.41) is 0. The van der Waals surface area contributed by atoms with Crippen LogP contribution in [0.2, 0.25) is 0 Å². The molecule has 0 N–H and O–H groups in total. The zero-order valence-electron chi connectivity index (χ0n) is 10.7. The summed E-state index contributed by atoms with van der Waals surface area (Å²) in [6.07, 6.45) is 8.02. The SMILES string of the molecule is CN(C)C(=O)C=CCCCCc1ccccc1. The first-order chi connectivity index (χ1) is 8.20. The van der Waals surface area contributed by atoms with Gasteiger partial charge in [-0.05, 0) is 37.3 Å². The number of likely N-dealkylation sites (N-methyl/N-ethyl adjacent to an activating group) is 1. The molecular formula is C15H21NO. The summed E-state index contributed by atoms with van der Waals surface area (Å²) in [6, 6.07) is 10.5. The average Bonchev–Trinajstić information content (AvgIpc) is 2.34. The molecule has 0 aliphatic carbocycles. The summed E-state index contributed by atoms with van der Waals surface area (Å²) in [4.78, 5) is 12.8. The molecule has 17 heavy (non-hydrogen) atoms. The largest absolute Gasteiger partial charge is 0.345 e. The fraction of sp³-hybridized carbons (Fsp3) is 0.400. The van der Waals surface area contributed by atoms with E-state index in [1.165, 1.54) is 12.0 Å². The Morgan fingerprint density at radius 1 is 1.18 bits per heavy atom. The van der Waals surface area contributed by atoms with Crippen LogP contribution in [0.3, 0.4) is 0 Å². The maximum absolute atomic E-state index is 11.2. The van der Waals surface area contributed by atoms with E-state index in [2.05, 4.69) is 24.3 Å². The molecule has 0 radical (unpaired) electrons. The lowest BCUT2D eigenvalue weighted by atomic mass is 10.1. The Bertz CT molecular complexity index is 354. The van der Waals surface area contributed by atoms with E-state index in [1.807, 2.05) is 12.1 Å².